The lowest BCUT2D eigenvalue weighted by molar-refractivity contribution is -0.123. The fourth-order valence-corrected chi connectivity index (χ4v) is 1.50. The maximum atomic E-state index is 11.5. The Morgan fingerprint density at radius 2 is 2.07 bits per heavy atom. The normalized spacial score (nSPS) is 15.1. The van der Waals surface area contributed by atoms with Crippen LogP contribution in [0.4, 0.5) is 0 Å². The van der Waals surface area contributed by atoms with Crippen LogP contribution < -0.4 is 11.1 Å². The molecule has 0 aromatic carbocycles. The second kappa shape index (κ2) is 7.65. The Morgan fingerprint density at radius 1 is 1.47 bits per heavy atom. The van der Waals surface area contributed by atoms with Crippen LogP contribution in [0.3, 0.4) is 0 Å². The summed E-state index contributed by atoms with van der Waals surface area (Å²) < 4.78 is 0. The predicted molar refractivity (Wildman–Crippen MR) is 61.4 cm³/mol. The Bertz CT molecular complexity index is 183. The van der Waals surface area contributed by atoms with Crippen molar-refractivity contribution in [2.24, 2.45) is 11.7 Å². The Labute approximate surface area is 92.2 Å². The molecule has 0 aromatic rings. The van der Waals surface area contributed by atoms with E-state index in [0.29, 0.717) is 12.3 Å². The second-order valence-electron chi connectivity index (χ2n) is 4.41. The molecule has 0 aliphatic carbocycles. The third-order valence-corrected chi connectivity index (χ3v) is 2.26. The highest BCUT2D eigenvalue weighted by molar-refractivity contribution is 5.81. The van der Waals surface area contributed by atoms with Gasteiger partial charge in [-0.05, 0) is 18.8 Å². The highest BCUT2D eigenvalue weighted by atomic mass is 16.3. The number of hydrogen-bond acceptors (Lipinski definition) is 3. The molecule has 0 bridgehead atoms. The first-order chi connectivity index (χ1) is 7.01. The lowest BCUT2D eigenvalue weighted by Crippen LogP contribution is -2.47. The van der Waals surface area contributed by atoms with E-state index >= 15 is 0 Å². The minimum absolute atomic E-state index is 0.0250. The van der Waals surface area contributed by atoms with Crippen LogP contribution in [-0.4, -0.2) is 29.7 Å². The largest absolute Gasteiger partial charge is 0.394 e. The molecule has 0 rings (SSSR count). The first-order valence-corrected chi connectivity index (χ1v) is 5.68. The van der Waals surface area contributed by atoms with Crippen LogP contribution in [-0.2, 0) is 4.79 Å². The zero-order valence-corrected chi connectivity index (χ0v) is 9.99. The van der Waals surface area contributed by atoms with Crippen molar-refractivity contribution in [1.29, 1.82) is 0 Å². The average molecular weight is 216 g/mol. The molecule has 0 radical (unpaired) electrons. The van der Waals surface area contributed by atoms with Crippen molar-refractivity contribution in [2.75, 3.05) is 6.61 Å². The van der Waals surface area contributed by atoms with Crippen molar-refractivity contribution in [1.82, 2.24) is 5.32 Å². The zero-order valence-electron chi connectivity index (χ0n) is 9.99. The smallest absolute Gasteiger partial charge is 0.237 e. The van der Waals surface area contributed by atoms with E-state index in [1.54, 1.807) is 0 Å². The molecule has 90 valence electrons. The van der Waals surface area contributed by atoms with E-state index in [1.807, 2.05) is 6.92 Å². The maximum absolute atomic E-state index is 11.5. The number of amides is 1. The van der Waals surface area contributed by atoms with Gasteiger partial charge in [0, 0.05) is 0 Å². The van der Waals surface area contributed by atoms with E-state index in [0.717, 1.165) is 12.8 Å². The van der Waals surface area contributed by atoms with Crippen LogP contribution in [0, 0.1) is 5.92 Å². The topological polar surface area (TPSA) is 75.4 Å². The molecule has 2 atom stereocenters. The summed E-state index contributed by atoms with van der Waals surface area (Å²) >= 11 is 0. The van der Waals surface area contributed by atoms with Gasteiger partial charge >= 0.3 is 0 Å². The van der Waals surface area contributed by atoms with E-state index in [2.05, 4.69) is 19.2 Å². The molecule has 0 aliphatic rings. The van der Waals surface area contributed by atoms with Gasteiger partial charge in [-0.1, -0.05) is 27.2 Å². The number of nitrogens with one attached hydrogen (secondary N) is 1. The van der Waals surface area contributed by atoms with Crippen LogP contribution in [0.1, 0.15) is 40.0 Å². The third kappa shape index (κ3) is 6.47. The van der Waals surface area contributed by atoms with Gasteiger partial charge in [-0.3, -0.25) is 4.79 Å². The van der Waals surface area contributed by atoms with Gasteiger partial charge in [0.05, 0.1) is 18.7 Å². The van der Waals surface area contributed by atoms with Crippen molar-refractivity contribution in [3.8, 4) is 0 Å². The Kier molecular flexibility index (Phi) is 7.34. The molecular weight excluding hydrogens is 192 g/mol. The summed E-state index contributed by atoms with van der Waals surface area (Å²) in [5.41, 5.74) is 5.67. The first kappa shape index (κ1) is 14.4. The maximum Gasteiger partial charge on any atom is 0.237 e. The predicted octanol–water partition coefficient (Wildman–Crippen LogP) is 0.637. The quantitative estimate of drug-likeness (QED) is 0.584. The summed E-state index contributed by atoms with van der Waals surface area (Å²) in [4.78, 5) is 11.5. The lowest BCUT2D eigenvalue weighted by atomic mass is 10.0. The summed E-state index contributed by atoms with van der Waals surface area (Å²) in [7, 11) is 0. The fourth-order valence-electron chi connectivity index (χ4n) is 1.50. The van der Waals surface area contributed by atoms with Gasteiger partial charge in [0.25, 0.3) is 0 Å². The summed E-state index contributed by atoms with van der Waals surface area (Å²) in [6.07, 6.45) is 2.36. The lowest BCUT2D eigenvalue weighted by Gasteiger charge is -2.20. The molecule has 4 nitrogen and oxygen atoms in total. The van der Waals surface area contributed by atoms with Crippen LogP contribution in [0.15, 0.2) is 0 Å². The molecule has 0 spiro atoms. The monoisotopic (exact) mass is 216 g/mol. The molecule has 0 fully saturated rings. The van der Waals surface area contributed by atoms with Crippen LogP contribution in [0.2, 0.25) is 0 Å². The molecule has 4 N–H and O–H groups in total. The summed E-state index contributed by atoms with van der Waals surface area (Å²) in [6.45, 7) is 6.08. The molecule has 4 heteroatoms. The highest BCUT2D eigenvalue weighted by Crippen LogP contribution is 2.04. The van der Waals surface area contributed by atoms with Gasteiger partial charge in [-0.2, -0.15) is 0 Å². The number of hydrogen-bond donors (Lipinski definition) is 3. The second-order valence-corrected chi connectivity index (χ2v) is 4.41. The van der Waals surface area contributed by atoms with E-state index in [4.69, 9.17) is 10.8 Å². The number of carbonyl (C=O) groups is 1. The SMILES string of the molecule is CCCC(N)C(=O)NC(CO)CC(C)C. The summed E-state index contributed by atoms with van der Waals surface area (Å²) in [5.74, 6) is 0.293. The zero-order chi connectivity index (χ0) is 11.8. The molecule has 0 saturated carbocycles. The molecule has 2 unspecified atom stereocenters. The molecule has 1 amide bonds. The highest BCUT2D eigenvalue weighted by Gasteiger charge is 2.17. The molecule has 15 heavy (non-hydrogen) atoms. The van der Waals surface area contributed by atoms with E-state index < -0.39 is 6.04 Å². The molecular formula is C11H24N2O2. The van der Waals surface area contributed by atoms with Gasteiger partial charge in [-0.25, -0.2) is 0 Å². The molecule has 0 aromatic heterocycles. The summed E-state index contributed by atoms with van der Waals surface area (Å²) in [6, 6.07) is -0.614. The Balaban J connectivity index is 4.00. The first-order valence-electron chi connectivity index (χ1n) is 5.68. The standard InChI is InChI=1S/C11H24N2O2/c1-4-5-10(12)11(15)13-9(7-14)6-8(2)3/h8-10,14H,4-7,12H2,1-3H3,(H,13,15). The number of carbonyl (C=O) groups excluding carboxylic acids is 1. The minimum atomic E-state index is -0.448. The third-order valence-electron chi connectivity index (χ3n) is 2.26. The van der Waals surface area contributed by atoms with Crippen molar-refractivity contribution >= 4 is 5.91 Å². The van der Waals surface area contributed by atoms with E-state index in [9.17, 15) is 4.79 Å². The van der Waals surface area contributed by atoms with Crippen LogP contribution in [0.25, 0.3) is 0 Å². The fraction of sp³-hybridized carbons (Fsp3) is 0.909. The van der Waals surface area contributed by atoms with Crippen molar-refractivity contribution in [3.63, 3.8) is 0 Å². The minimum Gasteiger partial charge on any atom is -0.394 e. The van der Waals surface area contributed by atoms with Gasteiger partial charge in [0.2, 0.25) is 5.91 Å². The Hall–Kier alpha value is -0.610. The van der Waals surface area contributed by atoms with Crippen LogP contribution >= 0.6 is 0 Å². The molecule has 0 aliphatic heterocycles. The van der Waals surface area contributed by atoms with Crippen molar-refractivity contribution in [2.45, 2.75) is 52.1 Å². The van der Waals surface area contributed by atoms with Crippen molar-refractivity contribution < 1.29 is 9.90 Å². The van der Waals surface area contributed by atoms with Gasteiger partial charge in [-0.15, -0.1) is 0 Å². The summed E-state index contributed by atoms with van der Waals surface area (Å²) in [5, 5.41) is 11.8. The number of aliphatic hydroxyl groups excluding tert-OH is 1. The number of aliphatic hydroxyl groups is 1. The van der Waals surface area contributed by atoms with E-state index in [-0.39, 0.29) is 18.6 Å². The Morgan fingerprint density at radius 3 is 2.47 bits per heavy atom. The average Bonchev–Trinajstić information content (AvgIpc) is 2.16. The number of rotatable bonds is 7. The molecule has 0 saturated heterocycles. The van der Waals surface area contributed by atoms with Crippen molar-refractivity contribution in [3.05, 3.63) is 0 Å². The van der Waals surface area contributed by atoms with Crippen LogP contribution in [0.5, 0.6) is 0 Å². The van der Waals surface area contributed by atoms with Gasteiger partial charge < -0.3 is 16.2 Å². The molecule has 0 heterocycles. The van der Waals surface area contributed by atoms with Gasteiger partial charge in [0.15, 0.2) is 0 Å². The van der Waals surface area contributed by atoms with E-state index in [1.165, 1.54) is 0 Å². The van der Waals surface area contributed by atoms with Gasteiger partial charge in [0.1, 0.15) is 0 Å². The number of nitrogens with two attached hydrogens (primary N) is 1.